The number of halogens is 2. The molecule has 27 heavy (non-hydrogen) atoms. The Kier molecular flexibility index (Phi) is 4.98. The molecule has 2 aromatic carbocycles. The van der Waals surface area contributed by atoms with Gasteiger partial charge in [-0.25, -0.2) is 0 Å². The minimum atomic E-state index is -0.0235. The fraction of sp³-hybridized carbons (Fsp3) is 0.300. The molecule has 2 heterocycles. The Hall–Kier alpha value is -2.24. The summed E-state index contributed by atoms with van der Waals surface area (Å²) in [7, 11) is 0. The Morgan fingerprint density at radius 1 is 0.963 bits per heavy atom. The first-order chi connectivity index (χ1) is 13.0. The lowest BCUT2D eigenvalue weighted by Gasteiger charge is -2.36. The normalized spacial score (nSPS) is 16.7. The molecule has 2 aliphatic heterocycles. The summed E-state index contributed by atoms with van der Waals surface area (Å²) in [6.45, 7) is 2.78. The second-order valence-electron chi connectivity index (χ2n) is 6.70. The van der Waals surface area contributed by atoms with Gasteiger partial charge in [-0.2, -0.15) is 0 Å². The zero-order valence-corrected chi connectivity index (χ0v) is 16.1. The molecule has 0 saturated carbocycles. The summed E-state index contributed by atoms with van der Waals surface area (Å²) in [4.78, 5) is 28.5. The van der Waals surface area contributed by atoms with Crippen molar-refractivity contribution >= 4 is 40.6 Å². The van der Waals surface area contributed by atoms with Crippen molar-refractivity contribution in [1.29, 1.82) is 0 Å². The molecule has 1 saturated heterocycles. The largest absolute Gasteiger partial charge is 0.486 e. The Bertz CT molecular complexity index is 908. The summed E-state index contributed by atoms with van der Waals surface area (Å²) in [5.41, 5.74) is 2.38. The predicted octanol–water partition coefficient (Wildman–Crippen LogP) is 3.46. The number of carbonyl (C=O) groups excluding carboxylic acids is 2. The molecule has 5 nitrogen and oxygen atoms in total. The maximum atomic E-state index is 12.9. The highest BCUT2D eigenvalue weighted by Gasteiger charge is 2.24. The third kappa shape index (κ3) is 3.75. The van der Waals surface area contributed by atoms with Gasteiger partial charge in [0.15, 0.2) is 5.78 Å². The Labute approximate surface area is 167 Å². The molecule has 0 aliphatic carbocycles. The van der Waals surface area contributed by atoms with Crippen LogP contribution in [0.5, 0.6) is 5.75 Å². The standard InChI is InChI=1S/C20H18Cl2N2O3/c21-17-3-2-15(11-18(17)22)23-5-7-24(8-6-23)20(26)13-1-4-19-14(9-13)10-16(25)12-27-19/h1-4,9,11H,5-8,10,12H2. The number of rotatable bonds is 2. The van der Waals surface area contributed by atoms with E-state index in [1.807, 2.05) is 17.0 Å². The van der Waals surface area contributed by atoms with Crippen LogP contribution in [0.25, 0.3) is 0 Å². The van der Waals surface area contributed by atoms with Crippen molar-refractivity contribution in [3.05, 3.63) is 57.6 Å². The number of piperazine rings is 1. The van der Waals surface area contributed by atoms with Gasteiger partial charge in [0.2, 0.25) is 0 Å². The number of ketones is 1. The van der Waals surface area contributed by atoms with Gasteiger partial charge < -0.3 is 14.5 Å². The number of amides is 1. The topological polar surface area (TPSA) is 49.9 Å². The van der Waals surface area contributed by atoms with Crippen LogP contribution >= 0.6 is 23.2 Å². The molecule has 0 atom stereocenters. The van der Waals surface area contributed by atoms with Crippen molar-refractivity contribution in [3.8, 4) is 5.75 Å². The van der Waals surface area contributed by atoms with Gasteiger partial charge in [0.1, 0.15) is 12.4 Å². The number of anilines is 1. The third-order valence-corrected chi connectivity index (χ3v) is 5.66. The summed E-state index contributed by atoms with van der Waals surface area (Å²) in [5.74, 6) is 0.697. The summed E-state index contributed by atoms with van der Waals surface area (Å²) in [6.07, 6.45) is 0.321. The maximum Gasteiger partial charge on any atom is 0.253 e. The number of ether oxygens (including phenoxy) is 1. The monoisotopic (exact) mass is 404 g/mol. The van der Waals surface area contributed by atoms with Crippen molar-refractivity contribution in [2.75, 3.05) is 37.7 Å². The van der Waals surface area contributed by atoms with Crippen LogP contribution in [0.15, 0.2) is 36.4 Å². The van der Waals surface area contributed by atoms with Crippen molar-refractivity contribution in [2.45, 2.75) is 6.42 Å². The molecule has 0 bridgehead atoms. The average molecular weight is 405 g/mol. The number of carbonyl (C=O) groups is 2. The molecule has 0 spiro atoms. The van der Waals surface area contributed by atoms with Gasteiger partial charge in [-0.1, -0.05) is 23.2 Å². The SMILES string of the molecule is O=C1COc2ccc(C(=O)N3CCN(c4ccc(Cl)c(Cl)c4)CC3)cc2C1. The molecular weight excluding hydrogens is 387 g/mol. The summed E-state index contributed by atoms with van der Waals surface area (Å²) in [5, 5.41) is 1.06. The molecule has 0 unspecified atom stereocenters. The van der Waals surface area contributed by atoms with Crippen LogP contribution < -0.4 is 9.64 Å². The van der Waals surface area contributed by atoms with Gasteiger partial charge in [-0.05, 0) is 36.4 Å². The predicted molar refractivity (Wildman–Crippen MR) is 105 cm³/mol. The summed E-state index contributed by atoms with van der Waals surface area (Å²) in [6, 6.07) is 10.9. The second-order valence-corrected chi connectivity index (χ2v) is 7.52. The van der Waals surface area contributed by atoms with E-state index in [4.69, 9.17) is 27.9 Å². The number of nitrogens with zero attached hydrogens (tertiary/aromatic N) is 2. The Morgan fingerprint density at radius 2 is 1.74 bits per heavy atom. The van der Waals surface area contributed by atoms with E-state index in [1.165, 1.54) is 0 Å². The molecule has 1 fully saturated rings. The molecule has 0 radical (unpaired) electrons. The lowest BCUT2D eigenvalue weighted by atomic mass is 10.0. The van der Waals surface area contributed by atoms with Crippen molar-refractivity contribution in [3.63, 3.8) is 0 Å². The van der Waals surface area contributed by atoms with E-state index in [-0.39, 0.29) is 18.3 Å². The zero-order valence-electron chi connectivity index (χ0n) is 14.6. The van der Waals surface area contributed by atoms with Gasteiger partial charge in [-0.3, -0.25) is 9.59 Å². The van der Waals surface area contributed by atoms with E-state index >= 15 is 0 Å². The summed E-state index contributed by atoms with van der Waals surface area (Å²) >= 11 is 12.1. The zero-order chi connectivity index (χ0) is 19.0. The van der Waals surface area contributed by atoms with E-state index in [0.717, 1.165) is 24.3 Å². The van der Waals surface area contributed by atoms with Gasteiger partial charge in [0.25, 0.3) is 5.91 Å². The fourth-order valence-electron chi connectivity index (χ4n) is 3.45. The van der Waals surface area contributed by atoms with Crippen LogP contribution in [-0.4, -0.2) is 49.4 Å². The number of hydrogen-bond donors (Lipinski definition) is 0. The fourth-order valence-corrected chi connectivity index (χ4v) is 3.74. The minimum absolute atomic E-state index is 0.0235. The lowest BCUT2D eigenvalue weighted by molar-refractivity contribution is -0.121. The number of hydrogen-bond acceptors (Lipinski definition) is 4. The summed E-state index contributed by atoms with van der Waals surface area (Å²) < 4.78 is 5.40. The first kappa shape index (κ1) is 18.1. The minimum Gasteiger partial charge on any atom is -0.486 e. The highest BCUT2D eigenvalue weighted by molar-refractivity contribution is 6.42. The van der Waals surface area contributed by atoms with Gasteiger partial charge in [0, 0.05) is 49.4 Å². The van der Waals surface area contributed by atoms with Crippen molar-refractivity contribution < 1.29 is 14.3 Å². The van der Waals surface area contributed by atoms with Crippen LogP contribution in [0.3, 0.4) is 0 Å². The molecule has 2 aromatic rings. The molecule has 1 amide bonds. The molecule has 4 rings (SSSR count). The van der Waals surface area contributed by atoms with Gasteiger partial charge >= 0.3 is 0 Å². The van der Waals surface area contributed by atoms with E-state index < -0.39 is 0 Å². The first-order valence-corrected chi connectivity index (χ1v) is 9.53. The van der Waals surface area contributed by atoms with Crippen molar-refractivity contribution in [2.24, 2.45) is 0 Å². The lowest BCUT2D eigenvalue weighted by Crippen LogP contribution is -2.48. The second kappa shape index (κ2) is 7.41. The molecule has 7 heteroatoms. The highest BCUT2D eigenvalue weighted by Crippen LogP contribution is 2.28. The number of fused-ring (bicyclic) bond motifs is 1. The van der Waals surface area contributed by atoms with E-state index in [0.29, 0.717) is 40.9 Å². The van der Waals surface area contributed by atoms with Crippen LogP contribution in [-0.2, 0) is 11.2 Å². The molecular formula is C20H18Cl2N2O3. The molecule has 2 aliphatic rings. The van der Waals surface area contributed by atoms with E-state index in [9.17, 15) is 9.59 Å². The van der Waals surface area contributed by atoms with Crippen LogP contribution in [0.2, 0.25) is 10.0 Å². The van der Waals surface area contributed by atoms with Crippen LogP contribution in [0.4, 0.5) is 5.69 Å². The van der Waals surface area contributed by atoms with Crippen molar-refractivity contribution in [1.82, 2.24) is 4.90 Å². The Morgan fingerprint density at radius 3 is 2.48 bits per heavy atom. The number of benzene rings is 2. The quantitative estimate of drug-likeness (QED) is 0.768. The first-order valence-electron chi connectivity index (χ1n) is 8.78. The van der Waals surface area contributed by atoms with Gasteiger partial charge in [0.05, 0.1) is 10.0 Å². The third-order valence-electron chi connectivity index (χ3n) is 4.92. The van der Waals surface area contributed by atoms with E-state index in [2.05, 4.69) is 4.90 Å². The van der Waals surface area contributed by atoms with Crippen LogP contribution in [0, 0.1) is 0 Å². The highest BCUT2D eigenvalue weighted by atomic mass is 35.5. The molecule has 140 valence electrons. The van der Waals surface area contributed by atoms with Crippen LogP contribution in [0.1, 0.15) is 15.9 Å². The van der Waals surface area contributed by atoms with Gasteiger partial charge in [-0.15, -0.1) is 0 Å². The smallest absolute Gasteiger partial charge is 0.253 e. The molecule has 0 N–H and O–H groups in total. The Balaban J connectivity index is 1.43. The number of Topliss-reactive ketones (excluding diaryl/α,β-unsaturated/α-hetero) is 1. The molecule has 0 aromatic heterocycles. The van der Waals surface area contributed by atoms with E-state index in [1.54, 1.807) is 24.3 Å². The average Bonchev–Trinajstić information content (AvgIpc) is 2.69. The maximum absolute atomic E-state index is 12.9.